The zero-order valence-electron chi connectivity index (χ0n) is 15.5. The van der Waals surface area contributed by atoms with Gasteiger partial charge in [0.15, 0.2) is 0 Å². The molecule has 146 valence electrons. The fourth-order valence-corrected chi connectivity index (χ4v) is 4.99. The summed E-state index contributed by atoms with van der Waals surface area (Å²) in [5.74, 6) is -0.216. The molecule has 5 aromatic rings. The molecule has 0 aliphatic rings. The van der Waals surface area contributed by atoms with Crippen molar-refractivity contribution in [2.75, 3.05) is 5.32 Å². The highest BCUT2D eigenvalue weighted by Gasteiger charge is 2.14. The molecule has 30 heavy (non-hydrogen) atoms. The van der Waals surface area contributed by atoms with Gasteiger partial charge in [-0.1, -0.05) is 59.6 Å². The first-order chi connectivity index (χ1) is 14.6. The highest BCUT2D eigenvalue weighted by Crippen LogP contribution is 2.36. The van der Waals surface area contributed by atoms with E-state index in [1.54, 1.807) is 23.5 Å². The summed E-state index contributed by atoms with van der Waals surface area (Å²) < 4.78 is 1.11. The first-order valence-corrected chi connectivity index (χ1v) is 10.8. The highest BCUT2D eigenvalue weighted by atomic mass is 35.5. The van der Waals surface area contributed by atoms with Crippen LogP contribution in [0.4, 0.5) is 5.69 Å². The Morgan fingerprint density at radius 1 is 0.833 bits per heavy atom. The average molecular weight is 449 g/mol. The molecule has 5 rings (SSSR count). The van der Waals surface area contributed by atoms with Crippen molar-refractivity contribution in [3.05, 3.63) is 94.5 Å². The maximum absolute atomic E-state index is 12.9. The van der Waals surface area contributed by atoms with Crippen LogP contribution in [-0.4, -0.2) is 10.9 Å². The third-order valence-electron chi connectivity index (χ3n) is 4.86. The van der Waals surface area contributed by atoms with Gasteiger partial charge in [-0.3, -0.25) is 4.79 Å². The second-order valence-electron chi connectivity index (χ2n) is 6.78. The predicted octanol–water partition coefficient (Wildman–Crippen LogP) is 7.68. The number of rotatable bonds is 3. The first-order valence-electron chi connectivity index (χ1n) is 9.24. The lowest BCUT2D eigenvalue weighted by Gasteiger charge is -2.10. The van der Waals surface area contributed by atoms with Crippen molar-refractivity contribution in [2.24, 2.45) is 0 Å². The van der Waals surface area contributed by atoms with Crippen molar-refractivity contribution in [1.29, 1.82) is 0 Å². The van der Waals surface area contributed by atoms with Crippen LogP contribution in [-0.2, 0) is 0 Å². The number of hydrogen-bond acceptors (Lipinski definition) is 3. The molecule has 1 heterocycles. The fraction of sp³-hybridized carbons (Fsp3) is 0. The molecule has 0 atom stereocenters. The lowest BCUT2D eigenvalue weighted by Crippen LogP contribution is -2.12. The van der Waals surface area contributed by atoms with Crippen LogP contribution in [0, 0.1) is 0 Å². The van der Waals surface area contributed by atoms with Crippen molar-refractivity contribution in [1.82, 2.24) is 4.98 Å². The maximum Gasteiger partial charge on any atom is 0.256 e. The zero-order chi connectivity index (χ0) is 20.7. The highest BCUT2D eigenvalue weighted by molar-refractivity contribution is 7.21. The van der Waals surface area contributed by atoms with E-state index in [0.717, 1.165) is 31.6 Å². The smallest absolute Gasteiger partial charge is 0.256 e. The third-order valence-corrected chi connectivity index (χ3v) is 6.58. The van der Waals surface area contributed by atoms with E-state index in [2.05, 4.69) is 10.3 Å². The minimum Gasteiger partial charge on any atom is -0.322 e. The number of benzene rings is 4. The Morgan fingerprint density at radius 3 is 2.47 bits per heavy atom. The molecule has 6 heteroatoms. The van der Waals surface area contributed by atoms with Crippen LogP contribution in [0.1, 0.15) is 10.4 Å². The zero-order valence-corrected chi connectivity index (χ0v) is 17.9. The summed E-state index contributed by atoms with van der Waals surface area (Å²) in [6.07, 6.45) is 0. The van der Waals surface area contributed by atoms with E-state index in [-0.39, 0.29) is 5.91 Å². The third kappa shape index (κ3) is 3.43. The Bertz CT molecular complexity index is 1390. The number of para-hydroxylation sites is 1. The summed E-state index contributed by atoms with van der Waals surface area (Å²) in [6, 6.07) is 24.5. The molecule has 1 N–H and O–H groups in total. The SMILES string of the molecule is O=C(Nc1ccc(-c2nc3ccccc3s2)c(Cl)c1)c1cccc2c(Cl)cccc12. The number of nitrogens with one attached hydrogen (secondary N) is 1. The molecule has 3 nitrogen and oxygen atoms in total. The molecule has 0 aliphatic carbocycles. The van der Waals surface area contributed by atoms with Gasteiger partial charge in [0.1, 0.15) is 5.01 Å². The maximum atomic E-state index is 12.9. The van der Waals surface area contributed by atoms with Gasteiger partial charge in [0.2, 0.25) is 0 Å². The largest absolute Gasteiger partial charge is 0.322 e. The second kappa shape index (κ2) is 7.73. The van der Waals surface area contributed by atoms with Crippen LogP contribution in [0.15, 0.2) is 78.9 Å². The van der Waals surface area contributed by atoms with Gasteiger partial charge in [0.25, 0.3) is 5.91 Å². The van der Waals surface area contributed by atoms with Crippen LogP contribution in [0.3, 0.4) is 0 Å². The number of hydrogen-bond donors (Lipinski definition) is 1. The minimum absolute atomic E-state index is 0.216. The summed E-state index contributed by atoms with van der Waals surface area (Å²) >= 11 is 14.4. The number of carbonyl (C=O) groups is 1. The van der Waals surface area contributed by atoms with Crippen molar-refractivity contribution in [3.63, 3.8) is 0 Å². The number of halogens is 2. The summed E-state index contributed by atoms with van der Waals surface area (Å²) in [6.45, 7) is 0. The van der Waals surface area contributed by atoms with E-state index in [4.69, 9.17) is 23.2 Å². The lowest BCUT2D eigenvalue weighted by atomic mass is 10.0. The number of fused-ring (bicyclic) bond motifs is 2. The van der Waals surface area contributed by atoms with Gasteiger partial charge in [-0.2, -0.15) is 0 Å². The van der Waals surface area contributed by atoms with Crippen molar-refractivity contribution < 1.29 is 4.79 Å². The van der Waals surface area contributed by atoms with Gasteiger partial charge in [0.05, 0.1) is 15.2 Å². The van der Waals surface area contributed by atoms with E-state index in [0.29, 0.717) is 21.3 Å². The van der Waals surface area contributed by atoms with Gasteiger partial charge in [0, 0.05) is 27.2 Å². The number of amides is 1. The van der Waals surface area contributed by atoms with Crippen LogP contribution < -0.4 is 5.32 Å². The quantitative estimate of drug-likeness (QED) is 0.307. The average Bonchev–Trinajstić information content (AvgIpc) is 3.17. The van der Waals surface area contributed by atoms with E-state index < -0.39 is 0 Å². The monoisotopic (exact) mass is 448 g/mol. The van der Waals surface area contributed by atoms with Crippen LogP contribution >= 0.6 is 34.5 Å². The number of thiazole rings is 1. The van der Waals surface area contributed by atoms with Gasteiger partial charge < -0.3 is 5.32 Å². The Kier molecular flexibility index (Phi) is 4.91. The van der Waals surface area contributed by atoms with Gasteiger partial charge in [-0.25, -0.2) is 4.98 Å². The summed E-state index contributed by atoms with van der Waals surface area (Å²) in [7, 11) is 0. The molecule has 0 spiro atoms. The second-order valence-corrected chi connectivity index (χ2v) is 8.62. The van der Waals surface area contributed by atoms with Crippen LogP contribution in [0.2, 0.25) is 10.0 Å². The van der Waals surface area contributed by atoms with Crippen molar-refractivity contribution in [3.8, 4) is 10.6 Å². The molecule has 4 aromatic carbocycles. The molecule has 0 unspecified atom stereocenters. The number of anilines is 1. The Morgan fingerprint density at radius 2 is 1.63 bits per heavy atom. The fourth-order valence-electron chi connectivity index (χ4n) is 3.42. The molecule has 0 aliphatic heterocycles. The standard InChI is InChI=1S/C24H14Cl2N2OS/c25-19-8-4-5-15-16(19)6-3-7-17(15)23(29)27-14-11-12-18(20(26)13-14)24-28-21-9-1-2-10-22(21)30-24/h1-13H,(H,27,29). The molecule has 0 bridgehead atoms. The van der Waals surface area contributed by atoms with Gasteiger partial charge in [-0.15, -0.1) is 11.3 Å². The summed E-state index contributed by atoms with van der Waals surface area (Å²) in [5, 5.41) is 6.58. The Balaban J connectivity index is 1.45. The summed E-state index contributed by atoms with van der Waals surface area (Å²) in [5.41, 5.74) is 2.96. The van der Waals surface area contributed by atoms with E-state index in [1.807, 2.05) is 66.7 Å². The minimum atomic E-state index is -0.216. The van der Waals surface area contributed by atoms with Gasteiger partial charge in [-0.05, 0) is 47.9 Å². The molecule has 0 saturated carbocycles. The number of carbonyl (C=O) groups excluding carboxylic acids is 1. The Hall–Kier alpha value is -2.92. The molecular weight excluding hydrogens is 435 g/mol. The molecular formula is C24H14Cl2N2OS. The molecule has 0 radical (unpaired) electrons. The molecule has 1 aromatic heterocycles. The summed E-state index contributed by atoms with van der Waals surface area (Å²) in [4.78, 5) is 17.6. The van der Waals surface area contributed by atoms with Crippen molar-refractivity contribution >= 4 is 67.1 Å². The predicted molar refractivity (Wildman–Crippen MR) is 127 cm³/mol. The van der Waals surface area contributed by atoms with E-state index >= 15 is 0 Å². The van der Waals surface area contributed by atoms with Crippen molar-refractivity contribution in [2.45, 2.75) is 0 Å². The molecule has 0 saturated heterocycles. The molecule has 1 amide bonds. The Labute approximate surface area is 186 Å². The van der Waals surface area contributed by atoms with Gasteiger partial charge >= 0.3 is 0 Å². The first kappa shape index (κ1) is 19.1. The number of aromatic nitrogens is 1. The van der Waals surface area contributed by atoms with Crippen LogP contribution in [0.5, 0.6) is 0 Å². The normalized spacial score (nSPS) is 11.1. The lowest BCUT2D eigenvalue weighted by molar-refractivity contribution is 0.102. The van der Waals surface area contributed by atoms with E-state index in [9.17, 15) is 4.79 Å². The molecule has 0 fully saturated rings. The van der Waals surface area contributed by atoms with Crippen LogP contribution in [0.25, 0.3) is 31.6 Å². The van der Waals surface area contributed by atoms with E-state index in [1.165, 1.54) is 0 Å². The topological polar surface area (TPSA) is 42.0 Å². The number of nitrogens with zero attached hydrogens (tertiary/aromatic N) is 1.